The Hall–Kier alpha value is -1.85. The normalized spacial score (nSPS) is 14.0. The van der Waals surface area contributed by atoms with Crippen LogP contribution in [0.4, 0.5) is 0 Å². The van der Waals surface area contributed by atoms with Crippen molar-refractivity contribution in [1.29, 1.82) is 0 Å². The maximum Gasteiger partial charge on any atom is 0.305 e. The van der Waals surface area contributed by atoms with Crippen LogP contribution in [-0.4, -0.2) is 77.8 Å². The lowest BCUT2D eigenvalue weighted by Gasteiger charge is -2.21. The van der Waals surface area contributed by atoms with Crippen LogP contribution in [0.15, 0.2) is 0 Å². The monoisotopic (exact) mass is 421 g/mol. The first kappa shape index (κ1) is 26.1. The number of esters is 2. The summed E-state index contributed by atoms with van der Waals surface area (Å²) in [5.41, 5.74) is 5.81. The third-order valence-corrected chi connectivity index (χ3v) is 4.44. The maximum atomic E-state index is 12.1. The molecule has 0 aromatic heterocycles. The Labute approximate surface area is 169 Å². The number of aliphatic hydroxyl groups excluding tert-OH is 1. The summed E-state index contributed by atoms with van der Waals surface area (Å²) in [5, 5.41) is 14.3. The van der Waals surface area contributed by atoms with E-state index in [1.54, 1.807) is 20.8 Å². The van der Waals surface area contributed by atoms with Crippen molar-refractivity contribution in [3.63, 3.8) is 0 Å². The minimum absolute atomic E-state index is 0.0807. The van der Waals surface area contributed by atoms with E-state index >= 15 is 0 Å². The second kappa shape index (κ2) is 14.2. The maximum absolute atomic E-state index is 12.1. The number of hydrogen-bond donors (Lipinski definition) is 4. The molecule has 3 atom stereocenters. The molecule has 0 spiro atoms. The summed E-state index contributed by atoms with van der Waals surface area (Å²) >= 11 is 1.24. The number of ether oxygens (including phenoxy) is 2. The minimum Gasteiger partial charge on any atom is -0.462 e. The highest BCUT2D eigenvalue weighted by atomic mass is 32.2. The summed E-state index contributed by atoms with van der Waals surface area (Å²) in [6.45, 7) is 5.78. The molecule has 0 aliphatic carbocycles. The standard InChI is InChI=1S/C17H31N3O7S/c1-5-15(23)26-7-12(27-11(4)22)8-28-9-13(18)16(24)20-14(6-21)17(25)19-10(2)3/h10,12-14,21H,5-9,18H2,1-4H3,(H,19,25)(H,20,24)/t12-,13+,14+/m1/s1. The second-order valence-corrected chi connectivity index (χ2v) is 7.39. The fraction of sp³-hybridized carbons (Fsp3) is 0.765. The molecule has 0 rings (SSSR count). The Morgan fingerprint density at radius 1 is 1.11 bits per heavy atom. The van der Waals surface area contributed by atoms with E-state index in [1.807, 2.05) is 0 Å². The molecule has 0 aliphatic rings. The average Bonchev–Trinajstić information content (AvgIpc) is 2.61. The molecule has 0 fully saturated rings. The van der Waals surface area contributed by atoms with Gasteiger partial charge in [0.1, 0.15) is 18.8 Å². The number of aliphatic hydroxyl groups is 1. The van der Waals surface area contributed by atoms with Crippen molar-refractivity contribution in [3.8, 4) is 0 Å². The predicted molar refractivity (Wildman–Crippen MR) is 104 cm³/mol. The van der Waals surface area contributed by atoms with Gasteiger partial charge in [0.15, 0.2) is 0 Å². The van der Waals surface area contributed by atoms with Crippen molar-refractivity contribution in [2.45, 2.75) is 58.3 Å². The average molecular weight is 422 g/mol. The summed E-state index contributed by atoms with van der Waals surface area (Å²) < 4.78 is 10.0. The van der Waals surface area contributed by atoms with E-state index in [9.17, 15) is 24.3 Å². The number of nitrogens with one attached hydrogen (secondary N) is 2. The summed E-state index contributed by atoms with van der Waals surface area (Å²) in [5.74, 6) is -1.57. The number of rotatable bonds is 13. The van der Waals surface area contributed by atoms with Crippen molar-refractivity contribution in [2.75, 3.05) is 24.7 Å². The molecule has 11 heteroatoms. The molecule has 0 bridgehead atoms. The van der Waals surface area contributed by atoms with Gasteiger partial charge in [0.25, 0.3) is 0 Å². The molecule has 0 aromatic carbocycles. The van der Waals surface area contributed by atoms with Gasteiger partial charge in [0, 0.05) is 30.9 Å². The number of carbonyl (C=O) groups excluding carboxylic acids is 4. The molecule has 5 N–H and O–H groups in total. The largest absolute Gasteiger partial charge is 0.462 e. The molecule has 0 radical (unpaired) electrons. The van der Waals surface area contributed by atoms with Crippen LogP contribution in [0.3, 0.4) is 0 Å². The van der Waals surface area contributed by atoms with E-state index in [1.165, 1.54) is 18.7 Å². The predicted octanol–water partition coefficient (Wildman–Crippen LogP) is -1.07. The molecule has 0 aliphatic heterocycles. The quantitative estimate of drug-likeness (QED) is 0.272. The van der Waals surface area contributed by atoms with Gasteiger partial charge in [0.2, 0.25) is 11.8 Å². The molecular formula is C17H31N3O7S. The highest BCUT2D eigenvalue weighted by Gasteiger charge is 2.24. The molecule has 162 valence electrons. The molecular weight excluding hydrogens is 390 g/mol. The van der Waals surface area contributed by atoms with Gasteiger partial charge in [0.05, 0.1) is 12.6 Å². The lowest BCUT2D eigenvalue weighted by atomic mass is 10.2. The van der Waals surface area contributed by atoms with E-state index in [4.69, 9.17) is 15.2 Å². The minimum atomic E-state index is -1.09. The summed E-state index contributed by atoms with van der Waals surface area (Å²) in [6.07, 6.45) is -0.447. The van der Waals surface area contributed by atoms with Crippen LogP contribution < -0.4 is 16.4 Å². The van der Waals surface area contributed by atoms with Gasteiger partial charge in [-0.25, -0.2) is 0 Å². The summed E-state index contributed by atoms with van der Waals surface area (Å²) in [6, 6.07) is -2.17. The van der Waals surface area contributed by atoms with Crippen molar-refractivity contribution in [2.24, 2.45) is 5.73 Å². The first-order valence-corrected chi connectivity index (χ1v) is 10.1. The third-order valence-electron chi connectivity index (χ3n) is 3.24. The first-order valence-electron chi connectivity index (χ1n) is 8.98. The van der Waals surface area contributed by atoms with Crippen LogP contribution in [0.25, 0.3) is 0 Å². The highest BCUT2D eigenvalue weighted by Crippen LogP contribution is 2.09. The lowest BCUT2D eigenvalue weighted by molar-refractivity contribution is -0.155. The second-order valence-electron chi connectivity index (χ2n) is 6.32. The number of nitrogens with two attached hydrogens (primary N) is 1. The fourth-order valence-electron chi connectivity index (χ4n) is 1.90. The molecule has 0 saturated carbocycles. The zero-order valence-corrected chi connectivity index (χ0v) is 17.5. The number of carbonyl (C=O) groups is 4. The van der Waals surface area contributed by atoms with Crippen LogP contribution in [-0.2, 0) is 28.7 Å². The Kier molecular flexibility index (Phi) is 13.3. The van der Waals surface area contributed by atoms with E-state index < -0.39 is 48.5 Å². The summed E-state index contributed by atoms with van der Waals surface area (Å²) in [4.78, 5) is 46.4. The van der Waals surface area contributed by atoms with Gasteiger partial charge < -0.3 is 30.9 Å². The molecule has 2 amide bonds. The molecule has 0 heterocycles. The Balaban J connectivity index is 4.47. The topological polar surface area (TPSA) is 157 Å². The first-order chi connectivity index (χ1) is 13.1. The van der Waals surface area contributed by atoms with Gasteiger partial charge in [-0.2, -0.15) is 11.8 Å². The van der Waals surface area contributed by atoms with Crippen molar-refractivity contribution < 1.29 is 33.8 Å². The van der Waals surface area contributed by atoms with E-state index in [0.717, 1.165) is 0 Å². The molecule has 0 saturated heterocycles. The molecule has 0 aromatic rings. The Bertz CT molecular complexity index is 531. The third kappa shape index (κ3) is 11.8. The molecule has 10 nitrogen and oxygen atoms in total. The van der Waals surface area contributed by atoms with Gasteiger partial charge >= 0.3 is 11.9 Å². The Morgan fingerprint density at radius 3 is 2.25 bits per heavy atom. The number of amides is 2. The fourth-order valence-corrected chi connectivity index (χ4v) is 2.87. The van der Waals surface area contributed by atoms with Crippen molar-refractivity contribution in [3.05, 3.63) is 0 Å². The number of hydrogen-bond acceptors (Lipinski definition) is 9. The van der Waals surface area contributed by atoms with Crippen molar-refractivity contribution in [1.82, 2.24) is 10.6 Å². The molecule has 28 heavy (non-hydrogen) atoms. The SMILES string of the molecule is CCC(=O)OC[C@H](CSC[C@H](N)C(=O)N[C@@H](CO)C(=O)NC(C)C)OC(C)=O. The smallest absolute Gasteiger partial charge is 0.305 e. The van der Waals surface area contributed by atoms with Crippen LogP contribution in [0.2, 0.25) is 0 Å². The van der Waals surface area contributed by atoms with E-state index in [-0.39, 0.29) is 30.6 Å². The Morgan fingerprint density at radius 2 is 1.75 bits per heavy atom. The van der Waals surface area contributed by atoms with Crippen LogP contribution in [0.1, 0.15) is 34.1 Å². The van der Waals surface area contributed by atoms with Crippen molar-refractivity contribution >= 4 is 35.5 Å². The van der Waals surface area contributed by atoms with Gasteiger partial charge in [-0.05, 0) is 13.8 Å². The number of thioether (sulfide) groups is 1. The zero-order valence-electron chi connectivity index (χ0n) is 16.7. The zero-order chi connectivity index (χ0) is 21.7. The van der Waals surface area contributed by atoms with E-state index in [2.05, 4.69) is 10.6 Å². The van der Waals surface area contributed by atoms with Gasteiger partial charge in [-0.15, -0.1) is 0 Å². The lowest BCUT2D eigenvalue weighted by Crippen LogP contribution is -2.54. The van der Waals surface area contributed by atoms with Gasteiger partial charge in [-0.3, -0.25) is 19.2 Å². The van der Waals surface area contributed by atoms with Crippen LogP contribution in [0.5, 0.6) is 0 Å². The van der Waals surface area contributed by atoms with Crippen LogP contribution >= 0.6 is 11.8 Å². The highest BCUT2D eigenvalue weighted by molar-refractivity contribution is 7.99. The summed E-state index contributed by atoms with van der Waals surface area (Å²) in [7, 11) is 0. The van der Waals surface area contributed by atoms with Crippen LogP contribution in [0, 0.1) is 0 Å². The molecule has 0 unspecified atom stereocenters. The van der Waals surface area contributed by atoms with Gasteiger partial charge in [-0.1, -0.05) is 6.92 Å². The van der Waals surface area contributed by atoms with E-state index in [0.29, 0.717) is 0 Å².